The highest BCUT2D eigenvalue weighted by atomic mass is 15.0. The molecule has 0 aliphatic heterocycles. The summed E-state index contributed by atoms with van der Waals surface area (Å²) in [6.45, 7) is 0. The fourth-order valence-corrected chi connectivity index (χ4v) is 5.73. The van der Waals surface area contributed by atoms with Gasteiger partial charge in [-0.2, -0.15) is 0 Å². The van der Waals surface area contributed by atoms with Crippen molar-refractivity contribution in [3.05, 3.63) is 121 Å². The van der Waals surface area contributed by atoms with E-state index in [0.29, 0.717) is 0 Å². The van der Waals surface area contributed by atoms with Crippen molar-refractivity contribution in [2.24, 2.45) is 0 Å². The fourth-order valence-electron chi connectivity index (χ4n) is 5.73. The van der Waals surface area contributed by atoms with Gasteiger partial charge in [0.1, 0.15) is 0 Å². The molecule has 0 fully saturated rings. The third-order valence-electron chi connectivity index (χ3n) is 7.30. The predicted molar refractivity (Wildman–Crippen MR) is 147 cm³/mol. The maximum absolute atomic E-state index is 3.64. The van der Waals surface area contributed by atoms with Gasteiger partial charge >= 0.3 is 0 Å². The van der Waals surface area contributed by atoms with E-state index < -0.39 is 0 Å². The van der Waals surface area contributed by atoms with Crippen LogP contribution in [0.15, 0.2) is 121 Å². The summed E-state index contributed by atoms with van der Waals surface area (Å²) in [4.78, 5) is 3.64. The first-order chi connectivity index (χ1) is 17.4. The molecule has 0 atom stereocenters. The second-order valence-electron chi connectivity index (χ2n) is 9.17. The summed E-state index contributed by atoms with van der Waals surface area (Å²) in [7, 11) is 0. The molecule has 35 heavy (non-hydrogen) atoms. The average molecular weight is 448 g/mol. The molecule has 0 unspecified atom stereocenters. The Balaban J connectivity index is 1.39. The number of nitrogens with one attached hydrogen (secondary N) is 1. The van der Waals surface area contributed by atoms with Crippen molar-refractivity contribution in [2.75, 3.05) is 0 Å². The van der Waals surface area contributed by atoms with Crippen molar-refractivity contribution in [3.63, 3.8) is 0 Å². The monoisotopic (exact) mass is 447 g/mol. The van der Waals surface area contributed by atoms with Crippen LogP contribution in [-0.4, -0.2) is 14.1 Å². The number of fused-ring (bicyclic) bond motifs is 8. The van der Waals surface area contributed by atoms with Crippen LogP contribution in [0.3, 0.4) is 0 Å². The van der Waals surface area contributed by atoms with E-state index in [0.717, 1.165) is 0 Å². The van der Waals surface area contributed by atoms with Crippen molar-refractivity contribution in [1.29, 1.82) is 0 Å². The molecular formula is C32H21N3. The van der Waals surface area contributed by atoms with E-state index in [9.17, 15) is 0 Å². The second-order valence-corrected chi connectivity index (χ2v) is 9.17. The van der Waals surface area contributed by atoms with E-state index in [1.807, 2.05) is 0 Å². The molecule has 5 aromatic carbocycles. The molecule has 3 heteroatoms. The van der Waals surface area contributed by atoms with Gasteiger partial charge in [0.15, 0.2) is 0 Å². The van der Waals surface area contributed by atoms with E-state index in [-0.39, 0.29) is 0 Å². The quantitative estimate of drug-likeness (QED) is 0.275. The van der Waals surface area contributed by atoms with E-state index in [1.54, 1.807) is 0 Å². The standard InChI is InChI=1S/C32H21N3/c1-2-8-21(9-3-1)35-30-13-7-5-11-24(30)27-20-22(14-16-31(27)35)34-19-18-26-29(34)17-15-25-23-10-4-6-12-28(23)33-32(25)26/h1-20,33H. The molecule has 0 amide bonds. The highest BCUT2D eigenvalue weighted by Gasteiger charge is 2.15. The van der Waals surface area contributed by atoms with E-state index in [2.05, 4.69) is 136 Å². The molecule has 3 nitrogen and oxygen atoms in total. The van der Waals surface area contributed by atoms with Gasteiger partial charge in [-0.25, -0.2) is 0 Å². The first kappa shape index (κ1) is 18.6. The predicted octanol–water partition coefficient (Wildman–Crippen LogP) is 8.36. The summed E-state index contributed by atoms with van der Waals surface area (Å²) in [5.74, 6) is 0. The molecule has 3 heterocycles. The Bertz CT molecular complexity index is 2050. The van der Waals surface area contributed by atoms with Gasteiger partial charge in [-0.15, -0.1) is 0 Å². The normalized spacial score (nSPS) is 12.0. The topological polar surface area (TPSA) is 25.6 Å². The smallest absolute Gasteiger partial charge is 0.0560 e. The van der Waals surface area contributed by atoms with Crippen LogP contribution in [0.25, 0.3) is 65.9 Å². The first-order valence-electron chi connectivity index (χ1n) is 12.0. The molecule has 0 radical (unpaired) electrons. The maximum atomic E-state index is 3.64. The Morgan fingerprint density at radius 3 is 2.11 bits per heavy atom. The summed E-state index contributed by atoms with van der Waals surface area (Å²) < 4.78 is 4.66. The van der Waals surface area contributed by atoms with Crippen molar-refractivity contribution in [1.82, 2.24) is 14.1 Å². The minimum Gasteiger partial charge on any atom is -0.354 e. The second kappa shape index (κ2) is 6.87. The molecular weight excluding hydrogens is 426 g/mol. The van der Waals surface area contributed by atoms with Crippen molar-refractivity contribution >= 4 is 54.5 Å². The molecule has 0 saturated carbocycles. The minimum atomic E-state index is 1.17. The molecule has 0 bridgehead atoms. The van der Waals surface area contributed by atoms with Gasteiger partial charge in [-0.1, -0.05) is 60.7 Å². The van der Waals surface area contributed by atoms with E-state index in [1.165, 1.54) is 65.9 Å². The van der Waals surface area contributed by atoms with Crippen molar-refractivity contribution in [3.8, 4) is 11.4 Å². The fraction of sp³-hybridized carbons (Fsp3) is 0. The number of nitrogens with zero attached hydrogens (tertiary/aromatic N) is 2. The third kappa shape index (κ3) is 2.55. The van der Waals surface area contributed by atoms with Gasteiger partial charge in [0.2, 0.25) is 0 Å². The zero-order chi connectivity index (χ0) is 22.9. The summed E-state index contributed by atoms with van der Waals surface area (Å²) >= 11 is 0. The zero-order valence-electron chi connectivity index (χ0n) is 18.9. The number of H-pyrrole nitrogens is 1. The molecule has 0 spiro atoms. The Kier molecular flexibility index (Phi) is 3.66. The molecule has 8 rings (SSSR count). The van der Waals surface area contributed by atoms with Crippen LogP contribution in [0.4, 0.5) is 0 Å². The average Bonchev–Trinajstić information content (AvgIpc) is 3.60. The van der Waals surface area contributed by atoms with Crippen LogP contribution in [0.1, 0.15) is 0 Å². The molecule has 3 aromatic heterocycles. The van der Waals surface area contributed by atoms with Crippen LogP contribution < -0.4 is 0 Å². The number of aromatic nitrogens is 3. The maximum Gasteiger partial charge on any atom is 0.0560 e. The van der Waals surface area contributed by atoms with Crippen molar-refractivity contribution in [2.45, 2.75) is 0 Å². The lowest BCUT2D eigenvalue weighted by atomic mass is 10.1. The number of aromatic amines is 1. The lowest BCUT2D eigenvalue weighted by molar-refractivity contribution is 1.13. The van der Waals surface area contributed by atoms with Gasteiger partial charge in [0, 0.05) is 50.0 Å². The Hall–Kier alpha value is -4.76. The Labute approximate surface area is 201 Å². The summed E-state index contributed by atoms with van der Waals surface area (Å²) in [6, 6.07) is 41.3. The highest BCUT2D eigenvalue weighted by Crippen LogP contribution is 2.36. The Morgan fingerprint density at radius 2 is 1.20 bits per heavy atom. The summed E-state index contributed by atoms with van der Waals surface area (Å²) in [5.41, 5.74) is 8.37. The van der Waals surface area contributed by atoms with E-state index in [4.69, 9.17) is 0 Å². The number of hydrogen-bond donors (Lipinski definition) is 1. The van der Waals surface area contributed by atoms with Crippen LogP contribution in [0.2, 0.25) is 0 Å². The highest BCUT2D eigenvalue weighted by molar-refractivity contribution is 6.17. The number of para-hydroxylation sites is 3. The molecule has 0 aliphatic carbocycles. The molecule has 1 N–H and O–H groups in total. The molecule has 8 aromatic rings. The number of rotatable bonds is 2. The minimum absolute atomic E-state index is 1.17. The number of benzene rings is 5. The van der Waals surface area contributed by atoms with Gasteiger partial charge in [-0.05, 0) is 54.6 Å². The first-order valence-corrected chi connectivity index (χ1v) is 12.0. The van der Waals surface area contributed by atoms with Gasteiger partial charge in [0.05, 0.1) is 22.1 Å². The van der Waals surface area contributed by atoms with Crippen LogP contribution in [0.5, 0.6) is 0 Å². The SMILES string of the molecule is c1ccc(-n2c3ccccc3c3cc(-n4ccc5c6[nH]c7ccccc7c6ccc54)ccc32)cc1. The van der Waals surface area contributed by atoms with Crippen LogP contribution in [0, 0.1) is 0 Å². The largest absolute Gasteiger partial charge is 0.354 e. The summed E-state index contributed by atoms with van der Waals surface area (Å²) in [6.07, 6.45) is 2.19. The zero-order valence-corrected chi connectivity index (χ0v) is 18.9. The van der Waals surface area contributed by atoms with Crippen molar-refractivity contribution < 1.29 is 0 Å². The lowest BCUT2D eigenvalue weighted by Crippen LogP contribution is -1.94. The molecule has 0 saturated heterocycles. The number of hydrogen-bond acceptors (Lipinski definition) is 0. The van der Waals surface area contributed by atoms with E-state index >= 15 is 0 Å². The van der Waals surface area contributed by atoms with Gasteiger partial charge in [0.25, 0.3) is 0 Å². The van der Waals surface area contributed by atoms with Crippen LogP contribution in [-0.2, 0) is 0 Å². The van der Waals surface area contributed by atoms with Crippen LogP contribution >= 0.6 is 0 Å². The van der Waals surface area contributed by atoms with Gasteiger partial charge < -0.3 is 14.1 Å². The lowest BCUT2D eigenvalue weighted by Gasteiger charge is -2.09. The molecule has 164 valence electrons. The summed E-state index contributed by atoms with van der Waals surface area (Å²) in [5, 5.41) is 6.31. The molecule has 0 aliphatic rings. The Morgan fingerprint density at radius 1 is 0.457 bits per heavy atom. The third-order valence-corrected chi connectivity index (χ3v) is 7.30. The van der Waals surface area contributed by atoms with Gasteiger partial charge in [-0.3, -0.25) is 0 Å².